The maximum Gasteiger partial charge on any atom is 0.227 e. The Kier molecular flexibility index (Phi) is 8.75. The monoisotopic (exact) mass is 443 g/mol. The first kappa shape index (κ1) is 23.9. The zero-order valence-corrected chi connectivity index (χ0v) is 18.7. The van der Waals surface area contributed by atoms with Gasteiger partial charge < -0.3 is 19.3 Å². The fourth-order valence-corrected chi connectivity index (χ4v) is 3.43. The molecule has 3 aromatic rings. The van der Waals surface area contributed by atoms with Gasteiger partial charge in [-0.1, -0.05) is 24.3 Å². The fraction of sp³-hybridized carbons (Fsp3) is 0.375. The molecule has 0 saturated heterocycles. The lowest BCUT2D eigenvalue weighted by Gasteiger charge is -2.25. The summed E-state index contributed by atoms with van der Waals surface area (Å²) in [5.41, 5.74) is 2.46. The van der Waals surface area contributed by atoms with Crippen molar-refractivity contribution in [1.29, 1.82) is 0 Å². The Balaban J connectivity index is 1.98. The highest BCUT2D eigenvalue weighted by molar-refractivity contribution is 5.43. The molecule has 1 aromatic heterocycles. The van der Waals surface area contributed by atoms with Crippen molar-refractivity contribution < 1.29 is 23.7 Å². The van der Waals surface area contributed by atoms with Gasteiger partial charge in [0.2, 0.25) is 5.88 Å². The standard InChI is InChI=1S/C24H30FN3O4/c1-18-23(16-27(12-13-30-2)15-21(29)17-31-3)24(32-22-11-7-8-19(25)14-22)28(26-18)20-9-5-4-6-10-20/h4-11,14,21,29H,12-13,15-17H2,1-3H3. The van der Waals surface area contributed by atoms with Gasteiger partial charge in [0, 0.05) is 39.9 Å². The van der Waals surface area contributed by atoms with Crippen LogP contribution in [0.2, 0.25) is 0 Å². The number of hydrogen-bond donors (Lipinski definition) is 1. The summed E-state index contributed by atoms with van der Waals surface area (Å²) in [4.78, 5) is 2.06. The summed E-state index contributed by atoms with van der Waals surface area (Å²) in [7, 11) is 3.20. The predicted molar refractivity (Wildman–Crippen MR) is 120 cm³/mol. The smallest absolute Gasteiger partial charge is 0.227 e. The lowest BCUT2D eigenvalue weighted by Crippen LogP contribution is -2.36. The fourth-order valence-electron chi connectivity index (χ4n) is 3.43. The number of aliphatic hydroxyl groups excluding tert-OH is 1. The number of rotatable bonds is 12. The van der Waals surface area contributed by atoms with Crippen LogP contribution in [-0.2, 0) is 16.0 Å². The second-order valence-corrected chi connectivity index (χ2v) is 7.51. The van der Waals surface area contributed by atoms with E-state index in [-0.39, 0.29) is 12.4 Å². The number of nitrogens with zero attached hydrogens (tertiary/aromatic N) is 3. The van der Waals surface area contributed by atoms with E-state index in [9.17, 15) is 9.50 Å². The predicted octanol–water partition coefficient (Wildman–Crippen LogP) is 3.57. The number of para-hydroxylation sites is 1. The first-order valence-corrected chi connectivity index (χ1v) is 10.5. The molecule has 8 heteroatoms. The molecule has 0 aliphatic rings. The number of hydrogen-bond acceptors (Lipinski definition) is 6. The number of aryl methyl sites for hydroxylation is 1. The molecule has 2 aromatic carbocycles. The van der Waals surface area contributed by atoms with E-state index in [0.29, 0.717) is 37.9 Å². The van der Waals surface area contributed by atoms with Gasteiger partial charge in [-0.2, -0.15) is 5.10 Å². The zero-order chi connectivity index (χ0) is 22.9. The molecule has 7 nitrogen and oxygen atoms in total. The molecule has 32 heavy (non-hydrogen) atoms. The van der Waals surface area contributed by atoms with Crippen molar-refractivity contribution >= 4 is 0 Å². The first-order valence-electron chi connectivity index (χ1n) is 10.5. The molecule has 1 atom stereocenters. The van der Waals surface area contributed by atoms with E-state index in [1.54, 1.807) is 31.0 Å². The normalized spacial score (nSPS) is 12.3. The third kappa shape index (κ3) is 6.37. The van der Waals surface area contributed by atoms with Crippen LogP contribution >= 0.6 is 0 Å². The van der Waals surface area contributed by atoms with Gasteiger partial charge in [0.25, 0.3) is 0 Å². The summed E-state index contributed by atoms with van der Waals surface area (Å²) in [6, 6.07) is 15.6. The quantitative estimate of drug-likeness (QED) is 0.462. The minimum absolute atomic E-state index is 0.235. The molecule has 0 aliphatic heterocycles. The number of methoxy groups -OCH3 is 2. The summed E-state index contributed by atoms with van der Waals surface area (Å²) in [6.45, 7) is 4.12. The van der Waals surface area contributed by atoms with Gasteiger partial charge in [-0.05, 0) is 31.2 Å². The molecule has 0 amide bonds. The summed E-state index contributed by atoms with van der Waals surface area (Å²) in [5.74, 6) is 0.505. The molecular formula is C24H30FN3O4. The van der Waals surface area contributed by atoms with Gasteiger partial charge in [0.1, 0.15) is 11.6 Å². The first-order chi connectivity index (χ1) is 15.5. The molecule has 1 unspecified atom stereocenters. The van der Waals surface area contributed by atoms with Crippen molar-refractivity contribution in [3.8, 4) is 17.3 Å². The van der Waals surface area contributed by atoms with Gasteiger partial charge in [0.05, 0.1) is 36.3 Å². The largest absolute Gasteiger partial charge is 0.438 e. The summed E-state index contributed by atoms with van der Waals surface area (Å²) in [5, 5.41) is 15.0. The molecule has 0 spiro atoms. The number of aliphatic hydroxyl groups is 1. The average Bonchev–Trinajstić information content (AvgIpc) is 3.08. The van der Waals surface area contributed by atoms with Gasteiger partial charge in [-0.3, -0.25) is 4.90 Å². The molecular weight excluding hydrogens is 413 g/mol. The van der Waals surface area contributed by atoms with E-state index < -0.39 is 6.10 Å². The van der Waals surface area contributed by atoms with Crippen LogP contribution in [-0.4, -0.2) is 66.4 Å². The van der Waals surface area contributed by atoms with E-state index in [4.69, 9.17) is 19.3 Å². The Hall–Kier alpha value is -2.78. The topological polar surface area (TPSA) is 69.0 Å². The van der Waals surface area contributed by atoms with Crippen molar-refractivity contribution in [1.82, 2.24) is 14.7 Å². The minimum Gasteiger partial charge on any atom is -0.438 e. The Morgan fingerprint density at radius 1 is 1.09 bits per heavy atom. The summed E-state index contributed by atoms with van der Waals surface area (Å²) >= 11 is 0. The average molecular weight is 444 g/mol. The van der Waals surface area contributed by atoms with Gasteiger partial charge in [0.15, 0.2) is 0 Å². The molecule has 0 radical (unpaired) electrons. The molecule has 172 valence electrons. The van der Waals surface area contributed by atoms with Gasteiger partial charge in [-0.15, -0.1) is 0 Å². The summed E-state index contributed by atoms with van der Waals surface area (Å²) < 4.78 is 32.0. The van der Waals surface area contributed by atoms with E-state index in [0.717, 1.165) is 16.9 Å². The van der Waals surface area contributed by atoms with Crippen LogP contribution in [0.15, 0.2) is 54.6 Å². The third-order valence-corrected chi connectivity index (χ3v) is 4.97. The number of ether oxygens (including phenoxy) is 3. The summed E-state index contributed by atoms with van der Waals surface area (Å²) in [6.07, 6.45) is -0.645. The van der Waals surface area contributed by atoms with Crippen molar-refractivity contribution in [2.75, 3.05) is 40.5 Å². The van der Waals surface area contributed by atoms with Crippen LogP contribution in [0.1, 0.15) is 11.3 Å². The van der Waals surface area contributed by atoms with Crippen LogP contribution < -0.4 is 4.74 Å². The van der Waals surface area contributed by atoms with Gasteiger partial charge in [-0.25, -0.2) is 9.07 Å². The molecule has 1 heterocycles. The van der Waals surface area contributed by atoms with Crippen molar-refractivity contribution in [2.24, 2.45) is 0 Å². The van der Waals surface area contributed by atoms with Crippen LogP contribution in [0.25, 0.3) is 5.69 Å². The van der Waals surface area contributed by atoms with E-state index in [2.05, 4.69) is 4.90 Å². The second kappa shape index (κ2) is 11.7. The Labute approximate surface area is 187 Å². The van der Waals surface area contributed by atoms with Crippen molar-refractivity contribution in [3.05, 3.63) is 71.7 Å². The Bertz CT molecular complexity index is 981. The van der Waals surface area contributed by atoms with Crippen LogP contribution in [0.4, 0.5) is 4.39 Å². The van der Waals surface area contributed by atoms with Crippen LogP contribution in [0.3, 0.4) is 0 Å². The minimum atomic E-state index is -0.645. The lowest BCUT2D eigenvalue weighted by atomic mass is 10.2. The lowest BCUT2D eigenvalue weighted by molar-refractivity contribution is 0.0291. The van der Waals surface area contributed by atoms with Gasteiger partial charge >= 0.3 is 0 Å². The Morgan fingerprint density at radius 2 is 1.88 bits per heavy atom. The highest BCUT2D eigenvalue weighted by Crippen LogP contribution is 2.32. The van der Waals surface area contributed by atoms with Crippen LogP contribution in [0, 0.1) is 12.7 Å². The second-order valence-electron chi connectivity index (χ2n) is 7.51. The van der Waals surface area contributed by atoms with Crippen molar-refractivity contribution in [2.45, 2.75) is 19.6 Å². The van der Waals surface area contributed by atoms with E-state index in [1.165, 1.54) is 12.1 Å². The molecule has 0 aliphatic carbocycles. The maximum atomic E-state index is 13.8. The van der Waals surface area contributed by atoms with E-state index in [1.807, 2.05) is 37.3 Å². The highest BCUT2D eigenvalue weighted by atomic mass is 19.1. The molecule has 1 N–H and O–H groups in total. The van der Waals surface area contributed by atoms with E-state index >= 15 is 0 Å². The molecule has 0 saturated carbocycles. The van der Waals surface area contributed by atoms with Crippen LogP contribution in [0.5, 0.6) is 11.6 Å². The number of aromatic nitrogens is 2. The Morgan fingerprint density at radius 3 is 2.56 bits per heavy atom. The molecule has 0 bridgehead atoms. The zero-order valence-electron chi connectivity index (χ0n) is 18.7. The van der Waals surface area contributed by atoms with Crippen molar-refractivity contribution in [3.63, 3.8) is 0 Å². The third-order valence-electron chi connectivity index (χ3n) is 4.97. The SMILES string of the molecule is COCCN(Cc1c(C)nn(-c2ccccc2)c1Oc1cccc(F)c1)CC(O)COC. The number of halogens is 1. The maximum absolute atomic E-state index is 13.8. The molecule has 0 fully saturated rings. The molecule has 3 rings (SSSR count). The number of benzene rings is 2. The highest BCUT2D eigenvalue weighted by Gasteiger charge is 2.22.